The molecule has 0 spiro atoms. The minimum atomic E-state index is -4.68. The summed E-state index contributed by atoms with van der Waals surface area (Å²) in [4.78, 5) is 11.0. The number of alkyl halides is 3. The maximum atomic E-state index is 13.6. The molecule has 2 N–H and O–H groups in total. The molecule has 114 valence electrons. The number of esters is 1. The van der Waals surface area contributed by atoms with Crippen LogP contribution in [0.3, 0.4) is 0 Å². The topological polar surface area (TPSA) is 52.3 Å². The Hall–Kier alpha value is -1.05. The molecular weight excluding hydrogens is 325 g/mol. The summed E-state index contributed by atoms with van der Waals surface area (Å²) in [5.74, 6) is -1.84. The molecule has 0 saturated carbocycles. The van der Waals surface area contributed by atoms with Crippen molar-refractivity contribution in [3.05, 3.63) is 34.1 Å². The Balaban J connectivity index is 0.00000361. The third-order valence-corrected chi connectivity index (χ3v) is 2.67. The van der Waals surface area contributed by atoms with E-state index in [0.717, 1.165) is 7.11 Å². The molecular formula is C11H11Cl2F4NO2. The van der Waals surface area contributed by atoms with Crippen LogP contribution in [0.5, 0.6) is 0 Å². The van der Waals surface area contributed by atoms with E-state index in [9.17, 15) is 22.4 Å². The predicted molar refractivity (Wildman–Crippen MR) is 67.2 cm³/mol. The SMILES string of the molecule is COC(=O)C[C@@H](N)c1cc(C(F)(F)F)cc(Cl)c1F.Cl. The second-order valence-electron chi connectivity index (χ2n) is 3.75. The zero-order valence-electron chi connectivity index (χ0n) is 10.1. The Morgan fingerprint density at radius 2 is 2.00 bits per heavy atom. The maximum Gasteiger partial charge on any atom is 0.416 e. The van der Waals surface area contributed by atoms with Crippen molar-refractivity contribution < 1.29 is 27.1 Å². The Labute approximate surface area is 123 Å². The summed E-state index contributed by atoms with van der Waals surface area (Å²) in [7, 11) is 1.09. The van der Waals surface area contributed by atoms with Crippen molar-refractivity contribution in [1.29, 1.82) is 0 Å². The standard InChI is InChI=1S/C11H10ClF4NO2.ClH/c1-19-9(18)4-8(17)6-2-5(11(14,15)16)3-7(12)10(6)13;/h2-3,8H,4,17H2,1H3;1H/t8-;/m1./s1. The molecule has 0 bridgehead atoms. The summed E-state index contributed by atoms with van der Waals surface area (Å²) >= 11 is 5.39. The Morgan fingerprint density at radius 1 is 1.45 bits per heavy atom. The summed E-state index contributed by atoms with van der Waals surface area (Å²) < 4.78 is 55.6. The maximum absolute atomic E-state index is 13.6. The number of hydrogen-bond donors (Lipinski definition) is 1. The first kappa shape index (κ1) is 18.9. The lowest BCUT2D eigenvalue weighted by Crippen LogP contribution is -2.19. The minimum absolute atomic E-state index is 0. The number of carbonyl (C=O) groups is 1. The first-order valence-electron chi connectivity index (χ1n) is 5.05. The molecule has 0 unspecified atom stereocenters. The molecule has 0 aliphatic carbocycles. The summed E-state index contributed by atoms with van der Waals surface area (Å²) in [6, 6.07) is -0.271. The molecule has 1 aromatic carbocycles. The summed E-state index contributed by atoms with van der Waals surface area (Å²) in [5, 5.41) is -0.704. The van der Waals surface area contributed by atoms with E-state index in [1.54, 1.807) is 0 Å². The molecule has 20 heavy (non-hydrogen) atoms. The van der Waals surface area contributed by atoms with Gasteiger partial charge in [0.05, 0.1) is 24.1 Å². The van der Waals surface area contributed by atoms with Gasteiger partial charge in [-0.25, -0.2) is 4.39 Å². The third kappa shape index (κ3) is 4.50. The van der Waals surface area contributed by atoms with Crippen molar-refractivity contribution in [3.63, 3.8) is 0 Å². The Morgan fingerprint density at radius 3 is 2.45 bits per heavy atom. The lowest BCUT2D eigenvalue weighted by molar-refractivity contribution is -0.141. The molecule has 3 nitrogen and oxygen atoms in total. The molecule has 1 atom stereocenters. The average molecular weight is 336 g/mol. The van der Waals surface area contributed by atoms with Gasteiger partial charge in [-0.05, 0) is 12.1 Å². The first-order chi connectivity index (χ1) is 8.66. The molecule has 1 rings (SSSR count). The molecule has 0 heterocycles. The van der Waals surface area contributed by atoms with Gasteiger partial charge < -0.3 is 10.5 Å². The fraction of sp³-hybridized carbons (Fsp3) is 0.364. The normalized spacial score (nSPS) is 12.6. The molecule has 9 heteroatoms. The highest BCUT2D eigenvalue weighted by atomic mass is 35.5. The highest BCUT2D eigenvalue weighted by molar-refractivity contribution is 6.30. The van der Waals surface area contributed by atoms with Crippen molar-refractivity contribution in [2.24, 2.45) is 5.73 Å². The van der Waals surface area contributed by atoms with E-state index in [2.05, 4.69) is 4.74 Å². The average Bonchev–Trinajstić information content (AvgIpc) is 2.30. The number of nitrogens with two attached hydrogens (primary N) is 1. The van der Waals surface area contributed by atoms with Crippen molar-refractivity contribution in [3.8, 4) is 0 Å². The number of rotatable bonds is 3. The van der Waals surface area contributed by atoms with E-state index in [1.165, 1.54) is 0 Å². The van der Waals surface area contributed by atoms with Gasteiger partial charge in [0.15, 0.2) is 0 Å². The van der Waals surface area contributed by atoms with Crippen LogP contribution in [0, 0.1) is 5.82 Å². The van der Waals surface area contributed by atoms with Crippen LogP contribution in [0.15, 0.2) is 12.1 Å². The van der Waals surface area contributed by atoms with Crippen molar-refractivity contribution in [2.45, 2.75) is 18.6 Å². The first-order valence-corrected chi connectivity index (χ1v) is 5.43. The molecule has 0 aliphatic heterocycles. The van der Waals surface area contributed by atoms with Crippen LogP contribution in [0.1, 0.15) is 23.6 Å². The highest BCUT2D eigenvalue weighted by Crippen LogP contribution is 2.35. The number of benzene rings is 1. The quantitative estimate of drug-likeness (QED) is 0.679. The van der Waals surface area contributed by atoms with Crippen molar-refractivity contribution in [1.82, 2.24) is 0 Å². The molecule has 0 aromatic heterocycles. The van der Waals surface area contributed by atoms with Crippen molar-refractivity contribution >= 4 is 30.0 Å². The fourth-order valence-electron chi connectivity index (χ4n) is 1.42. The van der Waals surface area contributed by atoms with Crippen LogP contribution in [-0.4, -0.2) is 13.1 Å². The summed E-state index contributed by atoms with van der Waals surface area (Å²) in [5.41, 5.74) is 3.87. The molecule has 0 saturated heterocycles. The van der Waals surface area contributed by atoms with Gasteiger partial charge >= 0.3 is 12.1 Å². The van der Waals surface area contributed by atoms with E-state index < -0.39 is 46.6 Å². The monoisotopic (exact) mass is 335 g/mol. The van der Waals surface area contributed by atoms with Crippen molar-refractivity contribution in [2.75, 3.05) is 7.11 Å². The third-order valence-electron chi connectivity index (χ3n) is 2.40. The van der Waals surface area contributed by atoms with Crippen LogP contribution in [0.4, 0.5) is 17.6 Å². The smallest absolute Gasteiger partial charge is 0.416 e. The molecule has 0 fully saturated rings. The fourth-order valence-corrected chi connectivity index (χ4v) is 1.64. The van der Waals surface area contributed by atoms with E-state index in [1.807, 2.05) is 0 Å². The van der Waals surface area contributed by atoms with Gasteiger partial charge in [-0.3, -0.25) is 4.79 Å². The number of hydrogen-bond acceptors (Lipinski definition) is 3. The summed E-state index contributed by atoms with van der Waals surface area (Å²) in [6.07, 6.45) is -5.14. The van der Waals surface area contributed by atoms with Crippen LogP contribution in [0.2, 0.25) is 5.02 Å². The number of ether oxygens (including phenoxy) is 1. The predicted octanol–water partition coefficient (Wildman–Crippen LogP) is 3.48. The highest BCUT2D eigenvalue weighted by Gasteiger charge is 2.33. The Bertz CT molecular complexity index is 494. The zero-order chi connectivity index (χ0) is 14.8. The van der Waals surface area contributed by atoms with Gasteiger partial charge in [-0.15, -0.1) is 12.4 Å². The Kier molecular flexibility index (Phi) is 6.73. The van der Waals surface area contributed by atoms with Gasteiger partial charge in [0.25, 0.3) is 0 Å². The molecule has 0 amide bonds. The van der Waals surface area contributed by atoms with Crippen LogP contribution in [-0.2, 0) is 15.7 Å². The largest absolute Gasteiger partial charge is 0.469 e. The van der Waals surface area contributed by atoms with Gasteiger partial charge in [-0.1, -0.05) is 11.6 Å². The zero-order valence-corrected chi connectivity index (χ0v) is 11.7. The molecule has 0 radical (unpaired) electrons. The lowest BCUT2D eigenvalue weighted by atomic mass is 10.0. The van der Waals surface area contributed by atoms with E-state index in [0.29, 0.717) is 12.1 Å². The lowest BCUT2D eigenvalue weighted by Gasteiger charge is -2.15. The van der Waals surface area contributed by atoms with Gasteiger partial charge in [0.2, 0.25) is 0 Å². The van der Waals surface area contributed by atoms with E-state index in [4.69, 9.17) is 17.3 Å². The van der Waals surface area contributed by atoms with Gasteiger partial charge in [0.1, 0.15) is 5.82 Å². The summed E-state index contributed by atoms with van der Waals surface area (Å²) in [6.45, 7) is 0. The second-order valence-corrected chi connectivity index (χ2v) is 4.15. The van der Waals surface area contributed by atoms with E-state index >= 15 is 0 Å². The number of methoxy groups -OCH3 is 1. The van der Waals surface area contributed by atoms with Crippen LogP contribution in [0.25, 0.3) is 0 Å². The van der Waals surface area contributed by atoms with Gasteiger partial charge in [0, 0.05) is 11.6 Å². The van der Waals surface area contributed by atoms with E-state index in [-0.39, 0.29) is 12.4 Å². The van der Waals surface area contributed by atoms with Gasteiger partial charge in [-0.2, -0.15) is 13.2 Å². The number of halogens is 6. The minimum Gasteiger partial charge on any atom is -0.469 e. The van der Waals surface area contributed by atoms with Crippen LogP contribution >= 0.6 is 24.0 Å². The molecule has 0 aliphatic rings. The number of carbonyl (C=O) groups excluding carboxylic acids is 1. The van der Waals surface area contributed by atoms with Crippen LogP contribution < -0.4 is 5.73 Å². The molecule has 1 aromatic rings. The second kappa shape index (κ2) is 7.10.